The van der Waals surface area contributed by atoms with Gasteiger partial charge in [0.1, 0.15) is 0 Å². The number of amides is 2. The van der Waals surface area contributed by atoms with Crippen LogP contribution in [0, 0.1) is 0 Å². The number of halogens is 1. The molecule has 2 aromatic rings. The number of hydrogen-bond acceptors (Lipinski definition) is 2. The molecule has 0 atom stereocenters. The molecule has 0 aliphatic rings. The summed E-state index contributed by atoms with van der Waals surface area (Å²) in [5.41, 5.74) is 2.04. The van der Waals surface area contributed by atoms with Gasteiger partial charge in [0, 0.05) is 11.8 Å². The third kappa shape index (κ3) is 4.42. The van der Waals surface area contributed by atoms with Crippen molar-refractivity contribution in [1.82, 2.24) is 0 Å². The zero-order chi connectivity index (χ0) is 14.4. The van der Waals surface area contributed by atoms with E-state index in [1.807, 2.05) is 24.3 Å². The molecule has 2 amide bonds. The van der Waals surface area contributed by atoms with Crippen LogP contribution in [0.1, 0.15) is 25.3 Å². The first-order valence-electron chi connectivity index (χ1n) is 6.59. The van der Waals surface area contributed by atoms with E-state index < -0.39 is 0 Å². The molecule has 1 aromatic heterocycles. The number of urea groups is 1. The topological polar surface area (TPSA) is 54.3 Å². The number of hydrogen-bond donors (Lipinski definition) is 2. The average molecular weight is 337 g/mol. The molecule has 20 heavy (non-hydrogen) atoms. The van der Waals surface area contributed by atoms with Crippen molar-refractivity contribution in [2.45, 2.75) is 26.2 Å². The predicted molar refractivity (Wildman–Crippen MR) is 84.1 cm³/mol. The molecule has 5 heteroatoms. The summed E-state index contributed by atoms with van der Waals surface area (Å²) in [5, 5.41) is 5.37. The fourth-order valence-corrected chi connectivity index (χ4v) is 2.10. The Balaban J connectivity index is 1.87. The van der Waals surface area contributed by atoms with Crippen LogP contribution < -0.4 is 10.6 Å². The summed E-state index contributed by atoms with van der Waals surface area (Å²) in [6.07, 6.45) is 3.44. The highest BCUT2D eigenvalue weighted by Crippen LogP contribution is 2.18. The zero-order valence-electron chi connectivity index (χ0n) is 11.3. The van der Waals surface area contributed by atoms with E-state index in [-0.39, 0.29) is 6.03 Å². The highest BCUT2D eigenvalue weighted by atomic mass is 79.9. The van der Waals surface area contributed by atoms with Gasteiger partial charge in [-0.05, 0) is 52.5 Å². The number of unbranched alkanes of at least 4 members (excludes halogenated alkanes) is 1. The molecule has 1 aromatic carbocycles. The molecule has 0 fully saturated rings. The van der Waals surface area contributed by atoms with Gasteiger partial charge in [0.25, 0.3) is 0 Å². The van der Waals surface area contributed by atoms with E-state index in [2.05, 4.69) is 33.5 Å². The van der Waals surface area contributed by atoms with Crippen LogP contribution in [0.3, 0.4) is 0 Å². The summed E-state index contributed by atoms with van der Waals surface area (Å²) in [7, 11) is 0. The number of nitrogens with one attached hydrogen (secondary N) is 2. The van der Waals surface area contributed by atoms with Gasteiger partial charge in [0.05, 0.1) is 0 Å². The van der Waals surface area contributed by atoms with Gasteiger partial charge in [-0.15, -0.1) is 0 Å². The maximum atomic E-state index is 11.8. The van der Waals surface area contributed by atoms with Crippen molar-refractivity contribution < 1.29 is 9.21 Å². The second-order valence-corrected chi connectivity index (χ2v) is 5.26. The third-order valence-electron chi connectivity index (χ3n) is 2.84. The first-order chi connectivity index (χ1) is 9.67. The van der Waals surface area contributed by atoms with Gasteiger partial charge in [-0.1, -0.05) is 25.5 Å². The Bertz CT molecular complexity index is 564. The van der Waals surface area contributed by atoms with Gasteiger partial charge in [-0.25, -0.2) is 4.79 Å². The molecule has 0 aliphatic heterocycles. The van der Waals surface area contributed by atoms with Crippen LogP contribution in [0.4, 0.5) is 16.4 Å². The molecule has 0 radical (unpaired) electrons. The fraction of sp³-hybridized carbons (Fsp3) is 0.267. The molecule has 0 saturated carbocycles. The molecule has 1 heterocycles. The maximum Gasteiger partial charge on any atom is 0.326 e. The minimum Gasteiger partial charge on any atom is -0.434 e. The lowest BCUT2D eigenvalue weighted by Gasteiger charge is -2.06. The lowest BCUT2D eigenvalue weighted by atomic mass is 10.1. The van der Waals surface area contributed by atoms with E-state index in [0.717, 1.165) is 12.1 Å². The number of carbonyl (C=O) groups excluding carboxylic acids is 1. The Morgan fingerprint density at radius 3 is 2.50 bits per heavy atom. The molecular weight excluding hydrogens is 320 g/mol. The Morgan fingerprint density at radius 1 is 1.15 bits per heavy atom. The smallest absolute Gasteiger partial charge is 0.326 e. The number of furan rings is 1. The van der Waals surface area contributed by atoms with E-state index in [0.29, 0.717) is 10.6 Å². The van der Waals surface area contributed by atoms with Crippen molar-refractivity contribution in [1.29, 1.82) is 0 Å². The van der Waals surface area contributed by atoms with Crippen LogP contribution in [0.25, 0.3) is 0 Å². The van der Waals surface area contributed by atoms with Crippen LogP contribution in [0.5, 0.6) is 0 Å². The molecule has 0 unspecified atom stereocenters. The van der Waals surface area contributed by atoms with Crippen LogP contribution in [0.15, 0.2) is 45.5 Å². The summed E-state index contributed by atoms with van der Waals surface area (Å²) in [6, 6.07) is 11.0. The largest absolute Gasteiger partial charge is 0.434 e. The second-order valence-electron chi connectivity index (χ2n) is 4.48. The Kier molecular flexibility index (Phi) is 5.24. The lowest BCUT2D eigenvalue weighted by molar-refractivity contribution is 0.261. The quantitative estimate of drug-likeness (QED) is 0.804. The lowest BCUT2D eigenvalue weighted by Crippen LogP contribution is -2.18. The normalized spacial score (nSPS) is 10.3. The van der Waals surface area contributed by atoms with Gasteiger partial charge < -0.3 is 9.73 Å². The van der Waals surface area contributed by atoms with Crippen LogP contribution in [-0.4, -0.2) is 6.03 Å². The maximum absolute atomic E-state index is 11.8. The number of anilines is 2. The van der Waals surface area contributed by atoms with Crippen LogP contribution >= 0.6 is 15.9 Å². The summed E-state index contributed by atoms with van der Waals surface area (Å²) in [4.78, 5) is 11.8. The number of benzene rings is 1. The van der Waals surface area contributed by atoms with Gasteiger partial charge in [-0.2, -0.15) is 0 Å². The molecule has 106 valence electrons. The van der Waals surface area contributed by atoms with Crippen LogP contribution in [-0.2, 0) is 6.42 Å². The second kappa shape index (κ2) is 7.14. The molecule has 2 N–H and O–H groups in total. The standard InChI is InChI=1S/C15H17BrN2O2/c1-2-3-4-11-5-7-12(8-6-11)17-15(19)18-14-10-9-13(16)20-14/h5-10H,2-4H2,1H3,(H2,17,18,19). The van der Waals surface area contributed by atoms with Crippen molar-refractivity contribution in [2.75, 3.05) is 10.6 Å². The molecular formula is C15H17BrN2O2. The van der Waals surface area contributed by atoms with Crippen molar-refractivity contribution in [2.24, 2.45) is 0 Å². The minimum absolute atomic E-state index is 0.326. The molecule has 0 spiro atoms. The summed E-state index contributed by atoms with van der Waals surface area (Å²) in [6.45, 7) is 2.17. The summed E-state index contributed by atoms with van der Waals surface area (Å²) < 4.78 is 5.78. The molecule has 2 rings (SSSR count). The van der Waals surface area contributed by atoms with Gasteiger partial charge in [0.2, 0.25) is 5.88 Å². The fourth-order valence-electron chi connectivity index (χ4n) is 1.79. The van der Waals surface area contributed by atoms with Crippen molar-refractivity contribution in [3.8, 4) is 0 Å². The Morgan fingerprint density at radius 2 is 1.90 bits per heavy atom. The van der Waals surface area contributed by atoms with E-state index in [9.17, 15) is 4.79 Å². The first kappa shape index (κ1) is 14.7. The number of rotatable bonds is 5. The average Bonchev–Trinajstić information content (AvgIpc) is 2.83. The van der Waals surface area contributed by atoms with Crippen molar-refractivity contribution in [3.05, 3.63) is 46.6 Å². The van der Waals surface area contributed by atoms with Crippen molar-refractivity contribution in [3.63, 3.8) is 0 Å². The van der Waals surface area contributed by atoms with Crippen LogP contribution in [0.2, 0.25) is 0 Å². The summed E-state index contributed by atoms with van der Waals surface area (Å²) >= 11 is 3.18. The highest BCUT2D eigenvalue weighted by Gasteiger charge is 2.05. The predicted octanol–water partition coefficient (Wildman–Crippen LogP) is 5.03. The van der Waals surface area contributed by atoms with Gasteiger partial charge >= 0.3 is 6.03 Å². The molecule has 4 nitrogen and oxygen atoms in total. The monoisotopic (exact) mass is 336 g/mol. The highest BCUT2D eigenvalue weighted by molar-refractivity contribution is 9.10. The minimum atomic E-state index is -0.326. The first-order valence-corrected chi connectivity index (χ1v) is 7.39. The molecule has 0 saturated heterocycles. The summed E-state index contributed by atoms with van der Waals surface area (Å²) in [5.74, 6) is 0.397. The third-order valence-corrected chi connectivity index (χ3v) is 3.27. The van der Waals surface area contributed by atoms with E-state index in [1.165, 1.54) is 18.4 Å². The Hall–Kier alpha value is -1.75. The zero-order valence-corrected chi connectivity index (χ0v) is 12.9. The van der Waals surface area contributed by atoms with E-state index >= 15 is 0 Å². The van der Waals surface area contributed by atoms with Crippen molar-refractivity contribution >= 4 is 33.5 Å². The van der Waals surface area contributed by atoms with Gasteiger partial charge in [-0.3, -0.25) is 5.32 Å². The Labute approximate surface area is 126 Å². The number of carbonyl (C=O) groups is 1. The number of aryl methyl sites for hydroxylation is 1. The molecule has 0 aliphatic carbocycles. The van der Waals surface area contributed by atoms with Gasteiger partial charge in [0.15, 0.2) is 4.67 Å². The molecule has 0 bridgehead atoms. The van der Waals surface area contributed by atoms with E-state index in [1.54, 1.807) is 12.1 Å². The SMILES string of the molecule is CCCCc1ccc(NC(=O)Nc2ccc(Br)o2)cc1. The van der Waals surface area contributed by atoms with E-state index in [4.69, 9.17) is 4.42 Å².